The largest absolute Gasteiger partial charge is 0.455 e. The molecule has 1 N–H and O–H groups in total. The molecule has 3 aromatic heterocycles. The second kappa shape index (κ2) is 10.1. The van der Waals surface area contributed by atoms with Crippen molar-refractivity contribution in [1.82, 2.24) is 14.5 Å². The van der Waals surface area contributed by atoms with Crippen LogP contribution in [0.5, 0.6) is 0 Å². The highest BCUT2D eigenvalue weighted by atomic mass is 16.3. The number of imidazole rings is 1. The highest BCUT2D eigenvalue weighted by molar-refractivity contribution is 6.13. The number of hydrogen-bond donors (Lipinski definition) is 1. The molecule has 0 radical (unpaired) electrons. The van der Waals surface area contributed by atoms with Crippen LogP contribution in [0.3, 0.4) is 0 Å². The van der Waals surface area contributed by atoms with Crippen LogP contribution in [0.15, 0.2) is 162 Å². The SMILES string of the molecule is c1ccc(-c2cccc3[nH]c(-c4ccc(-n5c6ccccc6c6cc(-c7cccc8c7oc7ccccc78)ccc65)cc4)nc23)cc1. The van der Waals surface area contributed by atoms with Crippen LogP contribution in [-0.2, 0) is 0 Å². The van der Waals surface area contributed by atoms with Gasteiger partial charge in [-0.15, -0.1) is 0 Å². The summed E-state index contributed by atoms with van der Waals surface area (Å²) in [6.45, 7) is 0. The second-order valence-electron chi connectivity index (χ2n) is 12.1. The highest BCUT2D eigenvalue weighted by Crippen LogP contribution is 2.39. The Bertz CT molecular complexity index is 2780. The molecule has 10 rings (SSSR count). The fourth-order valence-electron chi connectivity index (χ4n) is 7.18. The van der Waals surface area contributed by atoms with Gasteiger partial charge in [-0.2, -0.15) is 0 Å². The lowest BCUT2D eigenvalue weighted by atomic mass is 10.0. The van der Waals surface area contributed by atoms with Crippen LogP contribution in [0.2, 0.25) is 0 Å². The van der Waals surface area contributed by atoms with E-state index in [0.717, 1.165) is 77.8 Å². The lowest BCUT2D eigenvalue weighted by Gasteiger charge is -2.09. The van der Waals surface area contributed by atoms with Gasteiger partial charge in [0, 0.05) is 43.9 Å². The van der Waals surface area contributed by atoms with Crippen molar-refractivity contribution in [2.24, 2.45) is 0 Å². The molecule has 0 spiro atoms. The Morgan fingerprint density at radius 1 is 0.489 bits per heavy atom. The number of para-hydroxylation sites is 4. The number of fused-ring (bicyclic) bond motifs is 7. The molecule has 4 nitrogen and oxygen atoms in total. The zero-order valence-electron chi connectivity index (χ0n) is 25.3. The maximum atomic E-state index is 6.40. The standard InChI is InChI=1S/C43H27N3O/c1-2-10-27(11-3-1)31-14-9-17-37-41(31)45-43(44-37)28-20-23-30(24-21-28)46-38-18-6-4-12-33(38)36-26-29(22-25-39(36)46)32-15-8-16-35-34-13-5-7-19-40(34)47-42(32)35/h1-26H,(H,44,45). The van der Waals surface area contributed by atoms with E-state index in [9.17, 15) is 0 Å². The summed E-state index contributed by atoms with van der Waals surface area (Å²) in [6, 6.07) is 55.5. The third-order valence-electron chi connectivity index (χ3n) is 9.38. The molecular formula is C43H27N3O. The number of hydrogen-bond acceptors (Lipinski definition) is 2. The van der Waals surface area contributed by atoms with Crippen molar-refractivity contribution >= 4 is 54.8 Å². The monoisotopic (exact) mass is 601 g/mol. The molecule has 0 aliphatic rings. The molecule has 0 aliphatic carbocycles. The van der Waals surface area contributed by atoms with Crippen molar-refractivity contribution in [3.63, 3.8) is 0 Å². The number of furan rings is 1. The normalized spacial score (nSPS) is 11.8. The van der Waals surface area contributed by atoms with Crippen molar-refractivity contribution in [3.05, 3.63) is 158 Å². The first kappa shape index (κ1) is 25.9. The zero-order valence-corrected chi connectivity index (χ0v) is 25.3. The molecule has 220 valence electrons. The van der Waals surface area contributed by atoms with Crippen molar-refractivity contribution in [2.75, 3.05) is 0 Å². The van der Waals surface area contributed by atoms with E-state index in [1.54, 1.807) is 0 Å². The number of aromatic amines is 1. The van der Waals surface area contributed by atoms with Crippen molar-refractivity contribution < 1.29 is 4.42 Å². The molecular weight excluding hydrogens is 574 g/mol. The number of nitrogens with zero attached hydrogens (tertiary/aromatic N) is 2. The maximum absolute atomic E-state index is 6.40. The summed E-state index contributed by atoms with van der Waals surface area (Å²) in [5.74, 6) is 0.863. The molecule has 0 fully saturated rings. The molecule has 0 saturated heterocycles. The van der Waals surface area contributed by atoms with Gasteiger partial charge < -0.3 is 14.0 Å². The van der Waals surface area contributed by atoms with Gasteiger partial charge in [0.15, 0.2) is 0 Å². The minimum Gasteiger partial charge on any atom is -0.455 e. The van der Waals surface area contributed by atoms with Gasteiger partial charge in [0.05, 0.1) is 22.1 Å². The third-order valence-corrected chi connectivity index (χ3v) is 9.38. The first-order chi connectivity index (χ1) is 23.3. The van der Waals surface area contributed by atoms with E-state index in [1.165, 1.54) is 16.3 Å². The first-order valence-corrected chi connectivity index (χ1v) is 15.9. The summed E-state index contributed by atoms with van der Waals surface area (Å²) >= 11 is 0. The molecule has 4 heteroatoms. The molecule has 0 bridgehead atoms. The Hall–Kier alpha value is -6.39. The van der Waals surface area contributed by atoms with Crippen LogP contribution < -0.4 is 0 Å². The predicted molar refractivity (Wildman–Crippen MR) is 194 cm³/mol. The second-order valence-corrected chi connectivity index (χ2v) is 12.1. The summed E-state index contributed by atoms with van der Waals surface area (Å²) in [6.07, 6.45) is 0. The van der Waals surface area contributed by atoms with E-state index in [2.05, 4.69) is 149 Å². The summed E-state index contributed by atoms with van der Waals surface area (Å²) in [4.78, 5) is 8.61. The van der Waals surface area contributed by atoms with E-state index in [-0.39, 0.29) is 0 Å². The zero-order chi connectivity index (χ0) is 30.9. The summed E-state index contributed by atoms with van der Waals surface area (Å²) in [5.41, 5.74) is 12.9. The van der Waals surface area contributed by atoms with Gasteiger partial charge in [-0.05, 0) is 65.7 Å². The molecule has 47 heavy (non-hydrogen) atoms. The van der Waals surface area contributed by atoms with Crippen LogP contribution in [0, 0.1) is 0 Å². The van der Waals surface area contributed by atoms with Crippen LogP contribution in [0.25, 0.3) is 94.1 Å². The maximum Gasteiger partial charge on any atom is 0.143 e. The fourth-order valence-corrected chi connectivity index (χ4v) is 7.18. The average Bonchev–Trinajstić information content (AvgIpc) is 3.84. The van der Waals surface area contributed by atoms with Gasteiger partial charge in [-0.1, -0.05) is 103 Å². The molecule has 3 heterocycles. The van der Waals surface area contributed by atoms with Crippen LogP contribution in [0.1, 0.15) is 0 Å². The predicted octanol–water partition coefficient (Wildman–Crippen LogP) is 11.6. The summed E-state index contributed by atoms with van der Waals surface area (Å²) in [5, 5.41) is 4.71. The average molecular weight is 602 g/mol. The number of aromatic nitrogens is 3. The topological polar surface area (TPSA) is 46.8 Å². The molecule has 0 unspecified atom stereocenters. The Balaban J connectivity index is 1.08. The molecule has 0 saturated carbocycles. The van der Waals surface area contributed by atoms with E-state index in [0.29, 0.717) is 0 Å². The van der Waals surface area contributed by atoms with Gasteiger partial charge in [0.2, 0.25) is 0 Å². The van der Waals surface area contributed by atoms with Crippen LogP contribution in [0.4, 0.5) is 0 Å². The quantitative estimate of drug-likeness (QED) is 0.218. The first-order valence-electron chi connectivity index (χ1n) is 15.9. The fraction of sp³-hybridized carbons (Fsp3) is 0. The lowest BCUT2D eigenvalue weighted by Crippen LogP contribution is -1.94. The molecule has 0 atom stereocenters. The molecule has 0 aliphatic heterocycles. The summed E-state index contributed by atoms with van der Waals surface area (Å²) < 4.78 is 8.75. The van der Waals surface area contributed by atoms with Crippen molar-refractivity contribution in [2.45, 2.75) is 0 Å². The number of benzene rings is 7. The lowest BCUT2D eigenvalue weighted by molar-refractivity contribution is 0.670. The van der Waals surface area contributed by atoms with Gasteiger partial charge in [0.1, 0.15) is 17.0 Å². The van der Waals surface area contributed by atoms with E-state index < -0.39 is 0 Å². The highest BCUT2D eigenvalue weighted by Gasteiger charge is 2.17. The Labute approximate surface area is 270 Å². The molecule has 7 aromatic carbocycles. The molecule has 0 amide bonds. The number of rotatable bonds is 4. The van der Waals surface area contributed by atoms with E-state index >= 15 is 0 Å². The minimum absolute atomic E-state index is 0.863. The molecule has 10 aromatic rings. The number of H-pyrrole nitrogens is 1. The minimum atomic E-state index is 0.863. The Morgan fingerprint density at radius 2 is 1.19 bits per heavy atom. The van der Waals surface area contributed by atoms with Crippen molar-refractivity contribution in [1.29, 1.82) is 0 Å². The van der Waals surface area contributed by atoms with Crippen LogP contribution in [-0.4, -0.2) is 14.5 Å². The Morgan fingerprint density at radius 3 is 2.09 bits per heavy atom. The van der Waals surface area contributed by atoms with Crippen LogP contribution >= 0.6 is 0 Å². The Kier molecular flexibility index (Phi) is 5.54. The smallest absolute Gasteiger partial charge is 0.143 e. The van der Waals surface area contributed by atoms with Gasteiger partial charge >= 0.3 is 0 Å². The van der Waals surface area contributed by atoms with Gasteiger partial charge in [-0.3, -0.25) is 0 Å². The van der Waals surface area contributed by atoms with E-state index in [4.69, 9.17) is 9.40 Å². The van der Waals surface area contributed by atoms with Gasteiger partial charge in [-0.25, -0.2) is 4.98 Å². The summed E-state index contributed by atoms with van der Waals surface area (Å²) in [7, 11) is 0. The number of nitrogens with one attached hydrogen (secondary N) is 1. The van der Waals surface area contributed by atoms with Crippen molar-refractivity contribution in [3.8, 4) is 39.3 Å². The van der Waals surface area contributed by atoms with E-state index in [1.807, 2.05) is 18.2 Å². The van der Waals surface area contributed by atoms with Gasteiger partial charge in [0.25, 0.3) is 0 Å². The third kappa shape index (κ3) is 3.98.